The van der Waals surface area contributed by atoms with Crippen LogP contribution >= 0.6 is 0 Å². The highest BCUT2D eigenvalue weighted by molar-refractivity contribution is 5.75. The molecular weight excluding hydrogens is 222 g/mol. The van der Waals surface area contributed by atoms with Crippen molar-refractivity contribution in [2.24, 2.45) is 5.92 Å². The minimum Gasteiger partial charge on any atom is -0.300 e. The molecule has 106 valence electrons. The minimum atomic E-state index is 0.338. The van der Waals surface area contributed by atoms with Gasteiger partial charge in [-0.15, -0.1) is 0 Å². The molecule has 0 aromatic heterocycles. The van der Waals surface area contributed by atoms with Gasteiger partial charge in [0.2, 0.25) is 0 Å². The predicted octanol–water partition coefficient (Wildman–Crippen LogP) is 4.04. The average molecular weight is 253 g/mol. The topological polar surface area (TPSA) is 20.3 Å². The summed E-state index contributed by atoms with van der Waals surface area (Å²) >= 11 is 0. The van der Waals surface area contributed by atoms with Crippen LogP contribution in [0.2, 0.25) is 0 Å². The average Bonchev–Trinajstić information content (AvgIpc) is 2.80. The molecule has 2 nitrogen and oxygen atoms in total. The van der Waals surface area contributed by atoms with Crippen LogP contribution in [0.25, 0.3) is 0 Å². The summed E-state index contributed by atoms with van der Waals surface area (Å²) in [5.41, 5.74) is 0. The molecule has 18 heavy (non-hydrogen) atoms. The van der Waals surface area contributed by atoms with Crippen molar-refractivity contribution >= 4 is 5.78 Å². The molecule has 0 aromatic rings. The number of carbonyl (C=O) groups excluding carboxylic acids is 1. The monoisotopic (exact) mass is 253 g/mol. The van der Waals surface area contributed by atoms with Crippen LogP contribution in [0, 0.1) is 5.92 Å². The Morgan fingerprint density at radius 3 is 2.39 bits per heavy atom. The highest BCUT2D eigenvalue weighted by Gasteiger charge is 2.21. The summed E-state index contributed by atoms with van der Waals surface area (Å²) in [6.45, 7) is 8.77. The van der Waals surface area contributed by atoms with E-state index in [1.54, 1.807) is 6.92 Å². The summed E-state index contributed by atoms with van der Waals surface area (Å²) in [5, 5.41) is 0. The Hall–Kier alpha value is -0.370. The first-order valence-corrected chi connectivity index (χ1v) is 7.83. The van der Waals surface area contributed by atoms with Gasteiger partial charge in [-0.05, 0) is 58.0 Å². The molecular formula is C16H31NO. The van der Waals surface area contributed by atoms with Crippen molar-refractivity contribution in [3.63, 3.8) is 0 Å². The lowest BCUT2D eigenvalue weighted by Gasteiger charge is -2.29. The van der Waals surface area contributed by atoms with Crippen molar-refractivity contribution < 1.29 is 4.79 Å². The molecule has 1 aliphatic rings. The highest BCUT2D eigenvalue weighted by Crippen LogP contribution is 2.24. The second-order valence-corrected chi connectivity index (χ2v) is 6.32. The van der Waals surface area contributed by atoms with Crippen LogP contribution in [-0.4, -0.2) is 29.8 Å². The molecule has 2 heteroatoms. The molecule has 0 spiro atoms. The molecule has 1 saturated carbocycles. The molecule has 0 unspecified atom stereocenters. The fourth-order valence-electron chi connectivity index (χ4n) is 2.86. The Morgan fingerprint density at radius 1 is 1.17 bits per heavy atom. The zero-order valence-electron chi connectivity index (χ0n) is 12.6. The fraction of sp³-hybridized carbons (Fsp3) is 0.938. The maximum absolute atomic E-state index is 10.9. The third-order valence-corrected chi connectivity index (χ3v) is 4.06. The lowest BCUT2D eigenvalue weighted by atomic mass is 10.1. The molecule has 0 bridgehead atoms. The van der Waals surface area contributed by atoms with Crippen molar-refractivity contribution in [1.82, 2.24) is 4.90 Å². The second-order valence-electron chi connectivity index (χ2n) is 6.32. The van der Waals surface area contributed by atoms with Crippen molar-refractivity contribution in [2.45, 2.75) is 78.2 Å². The molecule has 0 radical (unpaired) electrons. The van der Waals surface area contributed by atoms with Crippen LogP contribution in [0.4, 0.5) is 0 Å². The summed E-state index contributed by atoms with van der Waals surface area (Å²) in [6, 6.07) is 0.834. The third kappa shape index (κ3) is 6.53. The van der Waals surface area contributed by atoms with Crippen LogP contribution < -0.4 is 0 Å². The van der Waals surface area contributed by atoms with E-state index in [4.69, 9.17) is 0 Å². The van der Waals surface area contributed by atoms with Gasteiger partial charge in [-0.25, -0.2) is 0 Å². The number of rotatable bonds is 9. The number of ketones is 1. The fourth-order valence-corrected chi connectivity index (χ4v) is 2.86. The Balaban J connectivity index is 2.27. The van der Waals surface area contributed by atoms with Crippen molar-refractivity contribution in [3.8, 4) is 0 Å². The first-order chi connectivity index (χ1) is 8.59. The standard InChI is InChI=1S/C16H31NO/c1-14(2)11-13-17(16-9-4-5-10-16)12-7-6-8-15(3)18/h14,16H,4-13H2,1-3H3. The first-order valence-electron chi connectivity index (χ1n) is 7.83. The molecule has 0 amide bonds. The van der Waals surface area contributed by atoms with E-state index >= 15 is 0 Å². The van der Waals surface area contributed by atoms with E-state index in [0.29, 0.717) is 5.78 Å². The third-order valence-electron chi connectivity index (χ3n) is 4.06. The number of hydrogen-bond donors (Lipinski definition) is 0. The lowest BCUT2D eigenvalue weighted by molar-refractivity contribution is -0.117. The molecule has 0 aromatic carbocycles. The van der Waals surface area contributed by atoms with E-state index < -0.39 is 0 Å². The van der Waals surface area contributed by atoms with Gasteiger partial charge in [-0.2, -0.15) is 0 Å². The molecule has 0 aliphatic heterocycles. The minimum absolute atomic E-state index is 0.338. The maximum Gasteiger partial charge on any atom is 0.129 e. The van der Waals surface area contributed by atoms with Crippen LogP contribution in [0.1, 0.15) is 72.1 Å². The summed E-state index contributed by atoms with van der Waals surface area (Å²) in [7, 11) is 0. The predicted molar refractivity (Wildman–Crippen MR) is 77.8 cm³/mol. The van der Waals surface area contributed by atoms with Gasteiger partial charge in [0, 0.05) is 12.5 Å². The Kier molecular flexibility index (Phi) is 7.57. The SMILES string of the molecule is CC(=O)CCCCN(CCC(C)C)C1CCCC1. The highest BCUT2D eigenvalue weighted by atomic mass is 16.1. The largest absolute Gasteiger partial charge is 0.300 e. The van der Waals surface area contributed by atoms with E-state index in [2.05, 4.69) is 18.7 Å². The van der Waals surface area contributed by atoms with Crippen LogP contribution in [0.3, 0.4) is 0 Å². The number of carbonyl (C=O) groups is 1. The lowest BCUT2D eigenvalue weighted by Crippen LogP contribution is -2.35. The van der Waals surface area contributed by atoms with Gasteiger partial charge in [0.25, 0.3) is 0 Å². The van der Waals surface area contributed by atoms with Crippen LogP contribution in [-0.2, 0) is 4.79 Å². The number of unbranched alkanes of at least 4 members (excludes halogenated alkanes) is 1. The maximum atomic E-state index is 10.9. The van der Waals surface area contributed by atoms with E-state index in [0.717, 1.165) is 24.8 Å². The van der Waals surface area contributed by atoms with E-state index in [1.807, 2.05) is 0 Å². The van der Waals surface area contributed by atoms with Gasteiger partial charge in [0.1, 0.15) is 5.78 Å². The summed E-state index contributed by atoms with van der Waals surface area (Å²) < 4.78 is 0. The van der Waals surface area contributed by atoms with Crippen molar-refractivity contribution in [2.75, 3.05) is 13.1 Å². The molecule has 0 saturated heterocycles. The molecule has 0 N–H and O–H groups in total. The van der Waals surface area contributed by atoms with Gasteiger partial charge in [0.15, 0.2) is 0 Å². The van der Waals surface area contributed by atoms with E-state index in [-0.39, 0.29) is 0 Å². The van der Waals surface area contributed by atoms with Gasteiger partial charge in [-0.1, -0.05) is 26.7 Å². The number of hydrogen-bond acceptors (Lipinski definition) is 2. The number of nitrogens with zero attached hydrogens (tertiary/aromatic N) is 1. The van der Waals surface area contributed by atoms with E-state index in [9.17, 15) is 4.79 Å². The Bertz CT molecular complexity index is 231. The molecule has 1 aliphatic carbocycles. The quantitative estimate of drug-likeness (QED) is 0.578. The zero-order valence-corrected chi connectivity index (χ0v) is 12.6. The zero-order chi connectivity index (χ0) is 13.4. The smallest absolute Gasteiger partial charge is 0.129 e. The second kappa shape index (κ2) is 8.68. The van der Waals surface area contributed by atoms with Crippen molar-refractivity contribution in [3.05, 3.63) is 0 Å². The van der Waals surface area contributed by atoms with Crippen LogP contribution in [0.5, 0.6) is 0 Å². The normalized spacial score (nSPS) is 16.9. The summed E-state index contributed by atoms with van der Waals surface area (Å²) in [6.07, 6.45) is 9.95. The van der Waals surface area contributed by atoms with Gasteiger partial charge in [-0.3, -0.25) is 0 Å². The molecule has 0 atom stereocenters. The van der Waals surface area contributed by atoms with Gasteiger partial charge < -0.3 is 9.69 Å². The Morgan fingerprint density at radius 2 is 1.83 bits per heavy atom. The van der Waals surface area contributed by atoms with Gasteiger partial charge >= 0.3 is 0 Å². The summed E-state index contributed by atoms with van der Waals surface area (Å²) in [5.74, 6) is 1.13. The Labute approximate surface area is 113 Å². The molecule has 0 heterocycles. The van der Waals surface area contributed by atoms with Crippen molar-refractivity contribution in [1.29, 1.82) is 0 Å². The number of Topliss-reactive ketones (excluding diaryl/α,β-unsaturated/α-hetero) is 1. The van der Waals surface area contributed by atoms with E-state index in [1.165, 1.54) is 51.6 Å². The molecule has 1 fully saturated rings. The van der Waals surface area contributed by atoms with Gasteiger partial charge in [0.05, 0.1) is 0 Å². The molecule has 1 rings (SSSR count). The van der Waals surface area contributed by atoms with Crippen LogP contribution in [0.15, 0.2) is 0 Å². The summed E-state index contributed by atoms with van der Waals surface area (Å²) in [4.78, 5) is 13.6. The first kappa shape index (κ1) is 15.7.